The van der Waals surface area contributed by atoms with Crippen LogP contribution in [0.3, 0.4) is 0 Å². The number of ether oxygens (including phenoxy) is 4. The molecule has 1 aliphatic rings. The third-order valence-corrected chi connectivity index (χ3v) is 4.82. The van der Waals surface area contributed by atoms with Crippen molar-refractivity contribution in [3.05, 3.63) is 29.3 Å². The molecule has 10 nitrogen and oxygen atoms in total. The van der Waals surface area contributed by atoms with Gasteiger partial charge in [0.05, 0.1) is 25.9 Å². The van der Waals surface area contributed by atoms with Gasteiger partial charge in [-0.2, -0.15) is 0 Å². The molecule has 0 saturated carbocycles. The highest BCUT2D eigenvalue weighted by molar-refractivity contribution is 6.08. The molecule has 176 valence electrons. The maximum absolute atomic E-state index is 13.2. The fourth-order valence-corrected chi connectivity index (χ4v) is 3.49. The number of aliphatic hydroxyl groups excluding tert-OH is 1. The molecular formula is C22H29NO9. The molecule has 0 unspecified atom stereocenters. The highest BCUT2D eigenvalue weighted by atomic mass is 16.6. The van der Waals surface area contributed by atoms with Gasteiger partial charge in [0.15, 0.2) is 6.04 Å². The van der Waals surface area contributed by atoms with Crippen LogP contribution in [0.1, 0.15) is 56.6 Å². The summed E-state index contributed by atoms with van der Waals surface area (Å²) in [6.45, 7) is 7.68. The van der Waals surface area contributed by atoms with E-state index >= 15 is 0 Å². The highest BCUT2D eigenvalue weighted by Gasteiger charge is 2.66. The fraction of sp³-hybridized carbons (Fsp3) is 0.545. The molecule has 0 aliphatic carbocycles. The molecule has 0 radical (unpaired) electrons. The largest absolute Gasteiger partial charge is 0.465 e. The van der Waals surface area contributed by atoms with E-state index in [2.05, 4.69) is 5.32 Å². The molecule has 0 spiro atoms. The predicted octanol–water partition coefficient (Wildman–Crippen LogP) is 1.75. The lowest BCUT2D eigenvalue weighted by Gasteiger charge is -2.43. The fourth-order valence-electron chi connectivity index (χ4n) is 3.49. The number of aliphatic hydroxyl groups is 1. The minimum atomic E-state index is -2.48. The average molecular weight is 451 g/mol. The molecule has 2 atom stereocenters. The van der Waals surface area contributed by atoms with Gasteiger partial charge in [-0.05, 0) is 46.8 Å². The van der Waals surface area contributed by atoms with Crippen LogP contribution in [0.25, 0.3) is 0 Å². The highest BCUT2D eigenvalue weighted by Crippen LogP contribution is 2.48. The summed E-state index contributed by atoms with van der Waals surface area (Å²) in [4.78, 5) is 51.4. The number of esters is 4. The Morgan fingerprint density at radius 3 is 2.09 bits per heavy atom. The molecule has 0 saturated heterocycles. The van der Waals surface area contributed by atoms with Crippen molar-refractivity contribution in [1.82, 2.24) is 0 Å². The molecule has 1 heterocycles. The number of benzene rings is 1. The van der Waals surface area contributed by atoms with Crippen LogP contribution in [0.2, 0.25) is 0 Å². The molecule has 2 rings (SSSR count). The SMILES string of the molecule is CCOC(=O)C1(C(=O)OCC)[C@@H](C(=O)OC(C)(C)C)Nc2cc(C(=O)OC)ccc2[C@H]1O. The van der Waals surface area contributed by atoms with Gasteiger partial charge < -0.3 is 29.4 Å². The Kier molecular flexibility index (Phi) is 7.50. The van der Waals surface area contributed by atoms with Crippen LogP contribution in [0.15, 0.2) is 18.2 Å². The van der Waals surface area contributed by atoms with Crippen molar-refractivity contribution < 1.29 is 43.2 Å². The molecule has 1 aliphatic heterocycles. The van der Waals surface area contributed by atoms with Crippen molar-refractivity contribution in [2.75, 3.05) is 25.6 Å². The van der Waals surface area contributed by atoms with Crippen molar-refractivity contribution in [2.24, 2.45) is 5.41 Å². The maximum Gasteiger partial charge on any atom is 0.337 e. The molecule has 0 bridgehead atoms. The lowest BCUT2D eigenvalue weighted by molar-refractivity contribution is -0.191. The van der Waals surface area contributed by atoms with Crippen LogP contribution in [-0.2, 0) is 33.3 Å². The monoisotopic (exact) mass is 451 g/mol. The smallest absolute Gasteiger partial charge is 0.337 e. The number of hydrogen-bond donors (Lipinski definition) is 2. The number of rotatable bonds is 6. The summed E-state index contributed by atoms with van der Waals surface area (Å²) in [5.41, 5.74) is -3.06. The van der Waals surface area contributed by atoms with Gasteiger partial charge in [0.25, 0.3) is 0 Å². The van der Waals surface area contributed by atoms with Gasteiger partial charge >= 0.3 is 23.9 Å². The van der Waals surface area contributed by atoms with Crippen LogP contribution in [-0.4, -0.2) is 61.0 Å². The maximum atomic E-state index is 13.2. The number of anilines is 1. The van der Waals surface area contributed by atoms with Gasteiger partial charge in [-0.15, -0.1) is 0 Å². The number of methoxy groups -OCH3 is 1. The number of carbonyl (C=O) groups excluding carboxylic acids is 4. The van der Waals surface area contributed by atoms with Gasteiger partial charge in [-0.1, -0.05) is 6.07 Å². The van der Waals surface area contributed by atoms with E-state index in [1.165, 1.54) is 39.2 Å². The topological polar surface area (TPSA) is 137 Å². The van der Waals surface area contributed by atoms with Crippen molar-refractivity contribution >= 4 is 29.6 Å². The van der Waals surface area contributed by atoms with E-state index in [-0.39, 0.29) is 30.0 Å². The van der Waals surface area contributed by atoms with Gasteiger partial charge in [0.2, 0.25) is 5.41 Å². The van der Waals surface area contributed by atoms with Gasteiger partial charge in [0, 0.05) is 11.3 Å². The van der Waals surface area contributed by atoms with Crippen molar-refractivity contribution in [3.8, 4) is 0 Å². The first-order chi connectivity index (χ1) is 14.9. The number of fused-ring (bicyclic) bond motifs is 1. The summed E-state index contributed by atoms with van der Waals surface area (Å²) in [5, 5.41) is 14.1. The van der Waals surface area contributed by atoms with Crippen LogP contribution in [0.4, 0.5) is 5.69 Å². The Labute approximate surface area is 186 Å². The molecule has 0 amide bonds. The molecule has 0 aromatic heterocycles. The lowest BCUT2D eigenvalue weighted by atomic mass is 9.69. The third-order valence-electron chi connectivity index (χ3n) is 4.82. The van der Waals surface area contributed by atoms with Crippen LogP contribution in [0.5, 0.6) is 0 Å². The molecule has 1 aromatic rings. The molecule has 10 heteroatoms. The normalized spacial score (nSPS) is 19.1. The summed E-state index contributed by atoms with van der Waals surface area (Å²) >= 11 is 0. The van der Waals surface area contributed by atoms with E-state index in [1.54, 1.807) is 20.8 Å². The van der Waals surface area contributed by atoms with Gasteiger partial charge in [-0.3, -0.25) is 9.59 Å². The minimum absolute atomic E-state index is 0.0959. The van der Waals surface area contributed by atoms with Crippen molar-refractivity contribution in [2.45, 2.75) is 52.4 Å². The first kappa shape index (κ1) is 25.1. The van der Waals surface area contributed by atoms with E-state index in [0.29, 0.717) is 0 Å². The average Bonchev–Trinajstić information content (AvgIpc) is 2.71. The number of hydrogen-bond acceptors (Lipinski definition) is 10. The van der Waals surface area contributed by atoms with Crippen molar-refractivity contribution in [3.63, 3.8) is 0 Å². The van der Waals surface area contributed by atoms with E-state index in [9.17, 15) is 24.3 Å². The van der Waals surface area contributed by atoms with Gasteiger partial charge in [-0.25, -0.2) is 9.59 Å². The van der Waals surface area contributed by atoms with Crippen LogP contribution >= 0.6 is 0 Å². The lowest BCUT2D eigenvalue weighted by Crippen LogP contribution is -2.63. The predicted molar refractivity (Wildman–Crippen MR) is 112 cm³/mol. The molecule has 32 heavy (non-hydrogen) atoms. The minimum Gasteiger partial charge on any atom is -0.465 e. The van der Waals surface area contributed by atoms with Crippen LogP contribution < -0.4 is 5.32 Å². The Morgan fingerprint density at radius 1 is 1.06 bits per heavy atom. The molecular weight excluding hydrogens is 422 g/mol. The second kappa shape index (κ2) is 9.56. The zero-order valence-electron chi connectivity index (χ0n) is 19.0. The van der Waals surface area contributed by atoms with E-state index in [1.807, 2.05) is 0 Å². The second-order valence-electron chi connectivity index (χ2n) is 8.12. The Hall–Kier alpha value is -3.14. The van der Waals surface area contributed by atoms with Crippen molar-refractivity contribution in [1.29, 1.82) is 0 Å². The number of carbonyl (C=O) groups is 4. The van der Waals surface area contributed by atoms with E-state index in [4.69, 9.17) is 18.9 Å². The van der Waals surface area contributed by atoms with E-state index in [0.717, 1.165) is 0 Å². The Morgan fingerprint density at radius 2 is 1.62 bits per heavy atom. The van der Waals surface area contributed by atoms with Crippen LogP contribution in [0, 0.1) is 5.41 Å². The quantitative estimate of drug-likeness (QED) is 0.374. The summed E-state index contributed by atoms with van der Waals surface area (Å²) in [6.07, 6.45) is -1.83. The van der Waals surface area contributed by atoms with E-state index < -0.39 is 47.0 Å². The summed E-state index contributed by atoms with van der Waals surface area (Å²) < 4.78 is 20.3. The first-order valence-electron chi connectivity index (χ1n) is 10.2. The molecule has 1 aromatic carbocycles. The Bertz CT molecular complexity index is 885. The summed E-state index contributed by atoms with van der Waals surface area (Å²) in [6, 6.07) is 2.37. The van der Waals surface area contributed by atoms with Gasteiger partial charge in [0.1, 0.15) is 11.7 Å². The zero-order chi connectivity index (χ0) is 24.3. The first-order valence-corrected chi connectivity index (χ1v) is 10.2. The molecule has 0 fully saturated rings. The molecule has 2 N–H and O–H groups in total. The summed E-state index contributed by atoms with van der Waals surface area (Å²) in [7, 11) is 1.21. The Balaban J connectivity index is 2.76. The standard InChI is InChI=1S/C22H29NO9/c1-7-30-19(27)22(20(28)31-8-2)15(18(26)32-21(3,4)5)23-14-11-12(17(25)29-6)9-10-13(14)16(22)24/h9-11,15-16,23-24H,7-8H2,1-6H3/t15-,16-/m1/s1. The summed E-state index contributed by atoms with van der Waals surface area (Å²) in [5.74, 6) is -3.91. The zero-order valence-corrected chi connectivity index (χ0v) is 19.0. The third kappa shape index (κ3) is 4.55. The number of nitrogens with one attached hydrogen (secondary N) is 1. The second-order valence-corrected chi connectivity index (χ2v) is 8.12.